The summed E-state index contributed by atoms with van der Waals surface area (Å²) in [4.78, 5) is 17.4. The first-order valence-electron chi connectivity index (χ1n) is 7.66. The van der Waals surface area contributed by atoms with E-state index >= 15 is 0 Å². The van der Waals surface area contributed by atoms with Crippen LogP contribution in [-0.4, -0.2) is 22.4 Å². The number of aromatic nitrogens is 2. The quantitative estimate of drug-likeness (QED) is 0.775. The van der Waals surface area contributed by atoms with Crippen molar-refractivity contribution < 1.29 is 9.53 Å². The van der Waals surface area contributed by atoms with Gasteiger partial charge in [-0.25, -0.2) is 4.98 Å². The van der Waals surface area contributed by atoms with Gasteiger partial charge in [-0.1, -0.05) is 24.6 Å². The number of nitrogens with zero attached hydrogens (tertiary/aromatic N) is 2. The molecule has 2 aromatic heterocycles. The number of nitrogens with one attached hydrogen (secondary N) is 1. The summed E-state index contributed by atoms with van der Waals surface area (Å²) in [5, 5.41) is 3.33. The first kappa shape index (κ1) is 16.3. The lowest BCUT2D eigenvalue weighted by molar-refractivity contribution is 0.102. The van der Waals surface area contributed by atoms with E-state index in [1.807, 2.05) is 36.6 Å². The zero-order chi connectivity index (χ0) is 17.3. The third-order valence-corrected chi connectivity index (χ3v) is 4.17. The maximum atomic E-state index is 12.8. The van der Waals surface area contributed by atoms with E-state index in [1.54, 1.807) is 25.3 Å². The zero-order valence-electron chi connectivity index (χ0n) is 13.8. The van der Waals surface area contributed by atoms with Gasteiger partial charge in [0.05, 0.1) is 17.8 Å². The minimum absolute atomic E-state index is 0.216. The number of amides is 1. The van der Waals surface area contributed by atoms with E-state index in [4.69, 9.17) is 16.3 Å². The highest BCUT2D eigenvalue weighted by Crippen LogP contribution is 2.27. The van der Waals surface area contributed by atoms with Gasteiger partial charge in [-0.3, -0.25) is 9.20 Å². The monoisotopic (exact) mass is 343 g/mol. The molecule has 1 amide bonds. The third-order valence-electron chi connectivity index (χ3n) is 3.88. The summed E-state index contributed by atoms with van der Waals surface area (Å²) in [5.74, 6) is 0.348. The molecule has 3 rings (SSSR count). The van der Waals surface area contributed by atoms with E-state index in [1.165, 1.54) is 0 Å². The third kappa shape index (κ3) is 2.83. The second-order valence-electron chi connectivity index (χ2n) is 5.45. The molecule has 0 aliphatic carbocycles. The summed E-state index contributed by atoms with van der Waals surface area (Å²) >= 11 is 6.12. The molecule has 24 heavy (non-hydrogen) atoms. The molecule has 0 radical (unpaired) electrons. The van der Waals surface area contributed by atoms with Gasteiger partial charge in [0.1, 0.15) is 17.1 Å². The van der Waals surface area contributed by atoms with Crippen LogP contribution < -0.4 is 10.1 Å². The maximum Gasteiger partial charge on any atom is 0.274 e. The number of pyridine rings is 1. The van der Waals surface area contributed by atoms with Gasteiger partial charge < -0.3 is 10.1 Å². The number of benzene rings is 1. The molecule has 0 bridgehead atoms. The molecule has 1 aromatic carbocycles. The molecule has 0 aliphatic heterocycles. The topological polar surface area (TPSA) is 55.6 Å². The van der Waals surface area contributed by atoms with Crippen LogP contribution in [0.1, 0.15) is 28.7 Å². The molecule has 0 saturated carbocycles. The number of hydrogen-bond donors (Lipinski definition) is 1. The predicted molar refractivity (Wildman–Crippen MR) is 95.3 cm³/mol. The smallest absolute Gasteiger partial charge is 0.274 e. The number of carbonyl (C=O) groups excluding carboxylic acids is 1. The van der Waals surface area contributed by atoms with Crippen LogP contribution in [-0.2, 0) is 6.42 Å². The Bertz CT molecular complexity index is 918. The molecular formula is C18H18ClN3O2. The average molecular weight is 344 g/mol. The van der Waals surface area contributed by atoms with Crippen LogP contribution in [0.5, 0.6) is 5.75 Å². The molecule has 2 heterocycles. The molecule has 124 valence electrons. The number of fused-ring (bicyclic) bond motifs is 1. The predicted octanol–water partition coefficient (Wildman–Crippen LogP) is 4.12. The summed E-state index contributed by atoms with van der Waals surface area (Å²) in [5.41, 5.74) is 3.74. The van der Waals surface area contributed by atoms with Gasteiger partial charge in [0.25, 0.3) is 5.91 Å². The maximum absolute atomic E-state index is 12.8. The fourth-order valence-electron chi connectivity index (χ4n) is 2.67. The van der Waals surface area contributed by atoms with Crippen LogP contribution in [0.2, 0.25) is 5.02 Å². The minimum atomic E-state index is -0.216. The molecule has 0 atom stereocenters. The number of halogens is 1. The van der Waals surface area contributed by atoms with Crippen molar-refractivity contribution in [2.45, 2.75) is 20.3 Å². The van der Waals surface area contributed by atoms with Crippen LogP contribution >= 0.6 is 11.6 Å². The first-order valence-corrected chi connectivity index (χ1v) is 8.04. The van der Waals surface area contributed by atoms with Gasteiger partial charge in [0.2, 0.25) is 0 Å². The van der Waals surface area contributed by atoms with Crippen LogP contribution in [0.15, 0.2) is 36.5 Å². The van der Waals surface area contributed by atoms with Gasteiger partial charge in [-0.05, 0) is 43.2 Å². The van der Waals surface area contributed by atoms with Gasteiger partial charge in [-0.15, -0.1) is 0 Å². The van der Waals surface area contributed by atoms with Crippen molar-refractivity contribution in [2.75, 3.05) is 12.4 Å². The fourth-order valence-corrected chi connectivity index (χ4v) is 2.93. The summed E-state index contributed by atoms with van der Waals surface area (Å²) in [7, 11) is 1.55. The number of ether oxygens (including phenoxy) is 1. The molecule has 0 fully saturated rings. The van der Waals surface area contributed by atoms with Crippen LogP contribution in [0.3, 0.4) is 0 Å². The van der Waals surface area contributed by atoms with Crippen LogP contribution in [0.25, 0.3) is 5.65 Å². The number of carbonyl (C=O) groups is 1. The van der Waals surface area contributed by atoms with Gasteiger partial charge in [-0.2, -0.15) is 0 Å². The molecule has 0 spiro atoms. The number of methoxy groups -OCH3 is 1. The molecule has 1 N–H and O–H groups in total. The second-order valence-corrected chi connectivity index (χ2v) is 5.86. The highest BCUT2D eigenvalue weighted by Gasteiger charge is 2.19. The lowest BCUT2D eigenvalue weighted by Crippen LogP contribution is -2.16. The highest BCUT2D eigenvalue weighted by molar-refractivity contribution is 6.32. The number of imidazole rings is 1. The van der Waals surface area contributed by atoms with Crippen molar-refractivity contribution >= 4 is 28.8 Å². The lowest BCUT2D eigenvalue weighted by atomic mass is 10.2. The van der Waals surface area contributed by atoms with Crippen molar-refractivity contribution in [3.8, 4) is 5.75 Å². The Hall–Kier alpha value is -2.53. The van der Waals surface area contributed by atoms with E-state index in [2.05, 4.69) is 10.3 Å². The van der Waals surface area contributed by atoms with Gasteiger partial charge in [0.15, 0.2) is 0 Å². The molecule has 5 nitrogen and oxygen atoms in total. The summed E-state index contributed by atoms with van der Waals surface area (Å²) in [6.07, 6.45) is 2.53. The van der Waals surface area contributed by atoms with E-state index < -0.39 is 0 Å². The van der Waals surface area contributed by atoms with Crippen LogP contribution in [0.4, 0.5) is 5.69 Å². The Kier molecular flexibility index (Phi) is 4.44. The van der Waals surface area contributed by atoms with Crippen molar-refractivity contribution in [1.82, 2.24) is 9.38 Å². The van der Waals surface area contributed by atoms with Gasteiger partial charge in [0, 0.05) is 11.9 Å². The summed E-state index contributed by atoms with van der Waals surface area (Å²) < 4.78 is 6.95. The van der Waals surface area contributed by atoms with E-state index in [9.17, 15) is 4.79 Å². The summed E-state index contributed by atoms with van der Waals surface area (Å²) in [6.45, 7) is 3.96. The zero-order valence-corrected chi connectivity index (χ0v) is 14.5. The van der Waals surface area contributed by atoms with Crippen molar-refractivity contribution in [3.63, 3.8) is 0 Å². The van der Waals surface area contributed by atoms with Crippen LogP contribution in [0, 0.1) is 6.92 Å². The van der Waals surface area contributed by atoms with Gasteiger partial charge >= 0.3 is 0 Å². The fraction of sp³-hybridized carbons (Fsp3) is 0.222. The molecule has 0 saturated heterocycles. The number of aryl methyl sites for hydroxylation is 2. The minimum Gasteiger partial charge on any atom is -0.495 e. The average Bonchev–Trinajstić information content (AvgIpc) is 2.95. The van der Waals surface area contributed by atoms with E-state index in [-0.39, 0.29) is 5.91 Å². The SMILES string of the molecule is CCc1nc2c(C)cccn2c1C(=O)Nc1ccc(OC)c(Cl)c1. The Morgan fingerprint density at radius 3 is 2.83 bits per heavy atom. The van der Waals surface area contributed by atoms with E-state index in [0.717, 1.165) is 16.9 Å². The molecular weight excluding hydrogens is 326 g/mol. The number of hydrogen-bond acceptors (Lipinski definition) is 3. The molecule has 6 heteroatoms. The van der Waals surface area contributed by atoms with Crippen molar-refractivity contribution in [2.24, 2.45) is 0 Å². The lowest BCUT2D eigenvalue weighted by Gasteiger charge is -2.09. The van der Waals surface area contributed by atoms with Crippen molar-refractivity contribution in [3.05, 3.63) is 58.5 Å². The molecule has 0 unspecified atom stereocenters. The molecule has 3 aromatic rings. The molecule has 0 aliphatic rings. The first-order chi connectivity index (χ1) is 11.5. The Morgan fingerprint density at radius 2 is 2.17 bits per heavy atom. The van der Waals surface area contributed by atoms with E-state index in [0.29, 0.717) is 28.6 Å². The second kappa shape index (κ2) is 6.53. The Morgan fingerprint density at radius 1 is 1.38 bits per heavy atom. The highest BCUT2D eigenvalue weighted by atomic mass is 35.5. The Labute approximate surface area is 145 Å². The number of rotatable bonds is 4. The largest absolute Gasteiger partial charge is 0.495 e. The Balaban J connectivity index is 2.00. The summed E-state index contributed by atoms with van der Waals surface area (Å²) in [6, 6.07) is 9.02. The normalized spacial score (nSPS) is 10.8. The van der Waals surface area contributed by atoms with Crippen molar-refractivity contribution in [1.29, 1.82) is 0 Å². The standard InChI is InChI=1S/C18H18ClN3O2/c1-4-14-16(22-9-5-6-11(2)17(22)21-14)18(23)20-12-7-8-15(24-3)13(19)10-12/h5-10H,4H2,1-3H3,(H,20,23). The number of anilines is 1.